The molecule has 2 rings (SSSR count). The monoisotopic (exact) mass is 374 g/mol. The Bertz CT molecular complexity index is 610. The number of carbonyl (C=O) groups excluding carboxylic acids is 2. The summed E-state index contributed by atoms with van der Waals surface area (Å²) in [5.41, 5.74) is 0. The maximum Gasteiger partial charge on any atom is 0.305 e. The average molecular weight is 374 g/mol. The van der Waals surface area contributed by atoms with Gasteiger partial charge in [0.25, 0.3) is 0 Å². The zero-order chi connectivity index (χ0) is 19.5. The number of carbonyl (C=O) groups is 2. The molecule has 1 aliphatic rings. The van der Waals surface area contributed by atoms with E-state index in [1.807, 2.05) is 24.3 Å². The van der Waals surface area contributed by atoms with Crippen LogP contribution in [-0.4, -0.2) is 30.3 Å². The molecule has 0 aromatic heterocycles. The van der Waals surface area contributed by atoms with Crippen molar-refractivity contribution in [2.75, 3.05) is 7.11 Å². The van der Waals surface area contributed by atoms with Crippen molar-refractivity contribution in [3.8, 4) is 5.75 Å². The van der Waals surface area contributed by atoms with Gasteiger partial charge in [-0.3, -0.25) is 9.59 Å². The maximum atomic E-state index is 12.2. The van der Waals surface area contributed by atoms with Crippen molar-refractivity contribution in [3.63, 3.8) is 0 Å². The standard InChI is InChI=1S/C22H30O5/c1-26-21(24)12-8-3-2-7-11-19-17(13-15-20(19)23)14-16-22(25)27-18-9-5-4-6-10-18/h4-6,9-10,14,16-17,19,22,25H,2-3,7-8,11-13,15H2,1H3/b16-14+/t17?,19-,22?/m1/s1. The molecule has 148 valence electrons. The second kappa shape index (κ2) is 11.5. The second-order valence-electron chi connectivity index (χ2n) is 7.01. The highest BCUT2D eigenvalue weighted by atomic mass is 16.6. The van der Waals surface area contributed by atoms with Gasteiger partial charge in [0.1, 0.15) is 11.5 Å². The molecule has 0 heterocycles. The maximum absolute atomic E-state index is 12.2. The van der Waals surface area contributed by atoms with Crippen molar-refractivity contribution < 1.29 is 24.2 Å². The van der Waals surface area contributed by atoms with E-state index in [0.29, 0.717) is 24.4 Å². The minimum Gasteiger partial charge on any atom is -0.469 e. The first-order valence-corrected chi connectivity index (χ1v) is 9.77. The first-order valence-electron chi connectivity index (χ1n) is 9.77. The molecular weight excluding hydrogens is 344 g/mol. The third-order valence-electron chi connectivity index (χ3n) is 5.05. The molecule has 1 N–H and O–H groups in total. The molecule has 5 heteroatoms. The molecule has 0 amide bonds. The minimum absolute atomic E-state index is 0.0331. The topological polar surface area (TPSA) is 72.8 Å². The van der Waals surface area contributed by atoms with Crippen molar-refractivity contribution in [1.82, 2.24) is 0 Å². The largest absolute Gasteiger partial charge is 0.469 e. The van der Waals surface area contributed by atoms with Gasteiger partial charge < -0.3 is 14.6 Å². The molecule has 1 aliphatic carbocycles. The summed E-state index contributed by atoms with van der Waals surface area (Å²) in [5.74, 6) is 0.966. The number of aliphatic hydroxyl groups excluding tert-OH is 1. The molecular formula is C22H30O5. The smallest absolute Gasteiger partial charge is 0.305 e. The van der Waals surface area contributed by atoms with E-state index in [1.54, 1.807) is 18.2 Å². The predicted molar refractivity (Wildman–Crippen MR) is 103 cm³/mol. The Morgan fingerprint density at radius 3 is 2.70 bits per heavy atom. The molecule has 2 unspecified atom stereocenters. The molecule has 1 saturated carbocycles. The van der Waals surface area contributed by atoms with Crippen molar-refractivity contribution in [1.29, 1.82) is 0 Å². The van der Waals surface area contributed by atoms with Crippen molar-refractivity contribution in [2.24, 2.45) is 11.8 Å². The number of para-hydroxylation sites is 1. The molecule has 1 fully saturated rings. The Balaban J connectivity index is 1.72. The van der Waals surface area contributed by atoms with Gasteiger partial charge in [0.15, 0.2) is 0 Å². The molecule has 3 atom stereocenters. The zero-order valence-corrected chi connectivity index (χ0v) is 16.0. The number of methoxy groups -OCH3 is 1. The van der Waals surface area contributed by atoms with Crippen LogP contribution < -0.4 is 4.74 Å². The summed E-state index contributed by atoms with van der Waals surface area (Å²) < 4.78 is 10.1. The lowest BCUT2D eigenvalue weighted by atomic mass is 9.89. The van der Waals surface area contributed by atoms with Crippen LogP contribution in [0, 0.1) is 11.8 Å². The molecule has 0 bridgehead atoms. The fourth-order valence-electron chi connectivity index (χ4n) is 3.54. The zero-order valence-electron chi connectivity index (χ0n) is 16.0. The SMILES string of the molecule is COC(=O)CCCCCC[C@H]1C(=O)CCC1/C=C/C(O)Oc1ccccc1. The molecule has 5 nitrogen and oxygen atoms in total. The van der Waals surface area contributed by atoms with Gasteiger partial charge in [-0.15, -0.1) is 0 Å². The molecule has 0 radical (unpaired) electrons. The Hall–Kier alpha value is -2.14. The number of rotatable bonds is 11. The fraction of sp³-hybridized carbons (Fsp3) is 0.545. The Labute approximate surface area is 161 Å². The van der Waals surface area contributed by atoms with E-state index >= 15 is 0 Å². The van der Waals surface area contributed by atoms with Crippen molar-refractivity contribution in [2.45, 2.75) is 57.7 Å². The van der Waals surface area contributed by atoms with Crippen molar-refractivity contribution in [3.05, 3.63) is 42.5 Å². The summed E-state index contributed by atoms with van der Waals surface area (Å²) in [6.45, 7) is 0. The van der Waals surface area contributed by atoms with Gasteiger partial charge in [0.2, 0.25) is 6.29 Å². The van der Waals surface area contributed by atoms with Crippen LogP contribution in [0.25, 0.3) is 0 Å². The summed E-state index contributed by atoms with van der Waals surface area (Å²) in [5, 5.41) is 10.0. The first kappa shape index (κ1) is 21.2. The summed E-state index contributed by atoms with van der Waals surface area (Å²) in [6.07, 6.45) is 9.12. The van der Waals surface area contributed by atoms with E-state index < -0.39 is 6.29 Å². The molecule has 1 aromatic rings. The van der Waals surface area contributed by atoms with Crippen LogP contribution in [0.2, 0.25) is 0 Å². The first-order chi connectivity index (χ1) is 13.1. The normalized spacial score (nSPS) is 20.7. The third kappa shape index (κ3) is 7.55. The molecule has 0 saturated heterocycles. The number of ketones is 1. The van der Waals surface area contributed by atoms with Crippen LogP contribution in [0.1, 0.15) is 51.4 Å². The molecule has 0 spiro atoms. The van der Waals surface area contributed by atoms with Gasteiger partial charge >= 0.3 is 5.97 Å². The van der Waals surface area contributed by atoms with Crippen LogP contribution in [0.5, 0.6) is 5.75 Å². The number of benzene rings is 1. The van der Waals surface area contributed by atoms with Gasteiger partial charge in [-0.2, -0.15) is 0 Å². The van der Waals surface area contributed by atoms with E-state index in [4.69, 9.17) is 4.74 Å². The summed E-state index contributed by atoms with van der Waals surface area (Å²) in [4.78, 5) is 23.3. The van der Waals surface area contributed by atoms with Gasteiger partial charge in [-0.05, 0) is 43.4 Å². The van der Waals surface area contributed by atoms with Crippen molar-refractivity contribution >= 4 is 11.8 Å². The molecule has 27 heavy (non-hydrogen) atoms. The van der Waals surface area contributed by atoms with Gasteiger partial charge in [-0.25, -0.2) is 0 Å². The van der Waals surface area contributed by atoms with Crippen LogP contribution in [0.3, 0.4) is 0 Å². The van der Waals surface area contributed by atoms with Crippen LogP contribution >= 0.6 is 0 Å². The minimum atomic E-state index is -1.01. The van der Waals surface area contributed by atoms with Crippen LogP contribution in [0.15, 0.2) is 42.5 Å². The lowest BCUT2D eigenvalue weighted by Crippen LogP contribution is -2.16. The fourth-order valence-corrected chi connectivity index (χ4v) is 3.54. The highest BCUT2D eigenvalue weighted by molar-refractivity contribution is 5.83. The number of hydrogen-bond donors (Lipinski definition) is 1. The van der Waals surface area contributed by atoms with Gasteiger partial charge in [0.05, 0.1) is 7.11 Å². The summed E-state index contributed by atoms with van der Waals surface area (Å²) >= 11 is 0. The number of hydrogen-bond acceptors (Lipinski definition) is 5. The lowest BCUT2D eigenvalue weighted by molar-refractivity contribution is -0.140. The summed E-state index contributed by atoms with van der Waals surface area (Å²) in [7, 11) is 1.41. The van der Waals surface area contributed by atoms with E-state index in [1.165, 1.54) is 7.11 Å². The third-order valence-corrected chi connectivity index (χ3v) is 5.05. The van der Waals surface area contributed by atoms with E-state index in [9.17, 15) is 14.7 Å². The van der Waals surface area contributed by atoms with E-state index in [-0.39, 0.29) is 17.8 Å². The highest BCUT2D eigenvalue weighted by Crippen LogP contribution is 2.34. The van der Waals surface area contributed by atoms with Crippen LogP contribution in [-0.2, 0) is 14.3 Å². The Morgan fingerprint density at radius 1 is 1.22 bits per heavy atom. The average Bonchev–Trinajstić information content (AvgIpc) is 3.03. The van der Waals surface area contributed by atoms with E-state index in [0.717, 1.165) is 38.5 Å². The number of Topliss-reactive ketones (excluding diaryl/α,β-unsaturated/α-hetero) is 1. The second-order valence-corrected chi connectivity index (χ2v) is 7.01. The van der Waals surface area contributed by atoms with Gasteiger partial charge in [-0.1, -0.05) is 43.5 Å². The lowest BCUT2D eigenvalue weighted by Gasteiger charge is -2.16. The van der Waals surface area contributed by atoms with E-state index in [2.05, 4.69) is 4.74 Å². The van der Waals surface area contributed by atoms with Crippen LogP contribution in [0.4, 0.5) is 0 Å². The quantitative estimate of drug-likeness (QED) is 0.274. The number of unbranched alkanes of at least 4 members (excludes halogenated alkanes) is 3. The number of aliphatic hydroxyl groups is 1. The van der Waals surface area contributed by atoms with Gasteiger partial charge in [0, 0.05) is 18.8 Å². The number of allylic oxidation sites excluding steroid dienone is 1. The number of ether oxygens (including phenoxy) is 2. The predicted octanol–water partition coefficient (Wildman–Crippen LogP) is 4.05. The number of esters is 1. The Kier molecular flexibility index (Phi) is 9.05. The molecule has 0 aliphatic heterocycles. The molecule has 1 aromatic carbocycles. The highest BCUT2D eigenvalue weighted by Gasteiger charge is 2.32. The Morgan fingerprint density at radius 2 is 1.96 bits per heavy atom. The summed E-state index contributed by atoms with van der Waals surface area (Å²) in [6, 6.07) is 9.17.